The van der Waals surface area contributed by atoms with Gasteiger partial charge in [-0.15, -0.1) is 0 Å². The molecule has 0 aliphatic rings. The van der Waals surface area contributed by atoms with Gasteiger partial charge in [0.2, 0.25) is 0 Å². The van der Waals surface area contributed by atoms with E-state index in [0.717, 1.165) is 11.1 Å². The van der Waals surface area contributed by atoms with E-state index in [1.165, 1.54) is 0 Å². The summed E-state index contributed by atoms with van der Waals surface area (Å²) in [5, 5.41) is 9.58. The molecule has 0 aliphatic heterocycles. The second kappa shape index (κ2) is 8.02. The van der Waals surface area contributed by atoms with E-state index in [-0.39, 0.29) is 5.82 Å². The number of fused-ring (bicyclic) bond motifs is 1. The number of aromatic amines is 1. The van der Waals surface area contributed by atoms with Gasteiger partial charge in [0, 0.05) is 10.9 Å². The van der Waals surface area contributed by atoms with Crippen LogP contribution in [-0.2, 0) is 0 Å². The van der Waals surface area contributed by atoms with E-state index in [4.69, 9.17) is 9.47 Å². The molecule has 158 valence electrons. The Morgan fingerprint density at radius 3 is 2.48 bits per heavy atom. The number of aromatic nitrogens is 2. The minimum atomic E-state index is -1.57. The lowest BCUT2D eigenvalue weighted by Gasteiger charge is -2.11. The van der Waals surface area contributed by atoms with Crippen LogP contribution in [0.15, 0.2) is 48.5 Å². The Morgan fingerprint density at radius 1 is 0.968 bits per heavy atom. The molecule has 4 aromatic rings. The predicted molar refractivity (Wildman–Crippen MR) is 109 cm³/mol. The van der Waals surface area contributed by atoms with Crippen LogP contribution in [0, 0.1) is 17.5 Å². The van der Waals surface area contributed by atoms with Gasteiger partial charge in [-0.2, -0.15) is 5.10 Å². The lowest BCUT2D eigenvalue weighted by atomic mass is 10.0. The maximum atomic E-state index is 13.9. The number of H-pyrrole nitrogens is 1. The Kier molecular flexibility index (Phi) is 5.24. The fourth-order valence-electron chi connectivity index (χ4n) is 3.23. The number of benzene rings is 3. The molecule has 3 aromatic carbocycles. The van der Waals surface area contributed by atoms with Gasteiger partial charge < -0.3 is 14.8 Å². The van der Waals surface area contributed by atoms with Gasteiger partial charge in [0.05, 0.1) is 19.7 Å². The van der Waals surface area contributed by atoms with Crippen molar-refractivity contribution in [3.63, 3.8) is 0 Å². The number of nitrogens with zero attached hydrogens (tertiary/aromatic N) is 1. The van der Waals surface area contributed by atoms with E-state index in [1.807, 2.05) is 6.07 Å². The lowest BCUT2D eigenvalue weighted by molar-refractivity contribution is 0.101. The summed E-state index contributed by atoms with van der Waals surface area (Å²) < 4.78 is 51.9. The molecule has 1 aromatic heterocycles. The highest BCUT2D eigenvalue weighted by Crippen LogP contribution is 2.35. The van der Waals surface area contributed by atoms with Crippen molar-refractivity contribution < 1.29 is 27.4 Å². The third-order valence-corrected chi connectivity index (χ3v) is 4.78. The molecule has 0 fully saturated rings. The van der Waals surface area contributed by atoms with Crippen LogP contribution in [0.4, 0.5) is 19.0 Å². The fourth-order valence-corrected chi connectivity index (χ4v) is 3.23. The minimum absolute atomic E-state index is 0.0484. The minimum Gasteiger partial charge on any atom is -0.497 e. The van der Waals surface area contributed by atoms with Crippen molar-refractivity contribution in [2.75, 3.05) is 19.5 Å². The molecule has 0 atom stereocenters. The van der Waals surface area contributed by atoms with Crippen molar-refractivity contribution in [1.29, 1.82) is 0 Å². The zero-order valence-corrected chi connectivity index (χ0v) is 16.4. The maximum Gasteiger partial charge on any atom is 0.262 e. The predicted octanol–water partition coefficient (Wildman–Crippen LogP) is 4.92. The Bertz CT molecular complexity index is 1300. The molecule has 0 saturated heterocycles. The molecule has 9 heteroatoms. The van der Waals surface area contributed by atoms with Crippen molar-refractivity contribution in [3.8, 4) is 22.6 Å². The summed E-state index contributed by atoms with van der Waals surface area (Å²) in [7, 11) is 3.11. The molecule has 0 aliphatic carbocycles. The van der Waals surface area contributed by atoms with Gasteiger partial charge >= 0.3 is 0 Å². The smallest absolute Gasteiger partial charge is 0.262 e. The second-order valence-electron chi connectivity index (χ2n) is 6.57. The first kappa shape index (κ1) is 20.3. The summed E-state index contributed by atoms with van der Waals surface area (Å²) in [6.45, 7) is 0. The number of nitrogens with one attached hydrogen (secondary N) is 2. The Labute approximate surface area is 174 Å². The maximum absolute atomic E-state index is 13.9. The number of amides is 1. The molecular weight excluding hydrogens is 411 g/mol. The van der Waals surface area contributed by atoms with Gasteiger partial charge in [-0.25, -0.2) is 13.2 Å². The van der Waals surface area contributed by atoms with Gasteiger partial charge in [0.15, 0.2) is 17.5 Å². The molecule has 0 spiro atoms. The van der Waals surface area contributed by atoms with Crippen molar-refractivity contribution in [1.82, 2.24) is 10.2 Å². The van der Waals surface area contributed by atoms with Crippen LogP contribution in [0.1, 0.15) is 10.4 Å². The van der Waals surface area contributed by atoms with E-state index >= 15 is 0 Å². The zero-order valence-electron chi connectivity index (χ0n) is 16.4. The van der Waals surface area contributed by atoms with Crippen LogP contribution >= 0.6 is 0 Å². The Hall–Kier alpha value is -4.01. The van der Waals surface area contributed by atoms with Crippen molar-refractivity contribution >= 4 is 22.6 Å². The number of methoxy groups -OCH3 is 2. The average molecular weight is 427 g/mol. The number of hydrogen-bond donors (Lipinski definition) is 2. The standard InChI is InChI=1S/C22H16F3N3O3/c1-30-12-4-8-18(31-2)14(10-12)11-3-5-13-17(9-11)27-28-21(13)26-22(29)19-15(23)6-7-16(24)20(19)25/h3-10H,1-2H3,(H2,26,27,28,29). The van der Waals surface area contributed by atoms with Crippen LogP contribution in [-0.4, -0.2) is 30.3 Å². The van der Waals surface area contributed by atoms with Crippen LogP contribution in [0.5, 0.6) is 11.5 Å². The summed E-state index contributed by atoms with van der Waals surface area (Å²) in [5.41, 5.74) is 1.09. The molecule has 2 N–H and O–H groups in total. The molecule has 4 rings (SSSR count). The normalized spacial score (nSPS) is 10.9. The topological polar surface area (TPSA) is 76.2 Å². The van der Waals surface area contributed by atoms with Gasteiger partial charge in [0.1, 0.15) is 22.9 Å². The third-order valence-electron chi connectivity index (χ3n) is 4.78. The van der Waals surface area contributed by atoms with E-state index in [9.17, 15) is 18.0 Å². The number of anilines is 1. The molecule has 6 nitrogen and oxygen atoms in total. The molecule has 0 bridgehead atoms. The van der Waals surface area contributed by atoms with E-state index in [2.05, 4.69) is 15.5 Å². The summed E-state index contributed by atoms with van der Waals surface area (Å²) in [6, 6.07) is 11.9. The molecule has 1 amide bonds. The number of ether oxygens (including phenoxy) is 2. The van der Waals surface area contributed by atoms with E-state index in [1.54, 1.807) is 44.6 Å². The highest BCUT2D eigenvalue weighted by Gasteiger charge is 2.22. The third kappa shape index (κ3) is 3.65. The second-order valence-corrected chi connectivity index (χ2v) is 6.57. The number of carbonyl (C=O) groups is 1. The molecule has 0 unspecified atom stereocenters. The summed E-state index contributed by atoms with van der Waals surface area (Å²) in [5.74, 6) is -3.89. The van der Waals surface area contributed by atoms with Crippen LogP contribution in [0.25, 0.3) is 22.0 Å². The first-order chi connectivity index (χ1) is 14.9. The van der Waals surface area contributed by atoms with Crippen LogP contribution < -0.4 is 14.8 Å². The van der Waals surface area contributed by atoms with Crippen molar-refractivity contribution in [3.05, 3.63) is 71.5 Å². The van der Waals surface area contributed by atoms with E-state index < -0.39 is 28.9 Å². The Balaban J connectivity index is 1.69. The summed E-state index contributed by atoms with van der Waals surface area (Å²) >= 11 is 0. The van der Waals surface area contributed by atoms with Gasteiger partial charge in [-0.1, -0.05) is 6.07 Å². The number of hydrogen-bond acceptors (Lipinski definition) is 4. The molecule has 1 heterocycles. The molecule has 0 saturated carbocycles. The van der Waals surface area contributed by atoms with Crippen LogP contribution in [0.2, 0.25) is 0 Å². The summed E-state index contributed by atoms with van der Waals surface area (Å²) in [4.78, 5) is 12.3. The number of halogens is 3. The fraction of sp³-hybridized carbons (Fsp3) is 0.0909. The molecule has 0 radical (unpaired) electrons. The average Bonchev–Trinajstić information content (AvgIpc) is 3.18. The zero-order chi connectivity index (χ0) is 22.1. The SMILES string of the molecule is COc1ccc(OC)c(-c2ccc3c(NC(=O)c4c(F)ccc(F)c4F)n[nH]c3c2)c1. The Morgan fingerprint density at radius 2 is 1.74 bits per heavy atom. The number of carbonyl (C=O) groups excluding carboxylic acids is 1. The van der Waals surface area contributed by atoms with E-state index in [0.29, 0.717) is 34.5 Å². The highest BCUT2D eigenvalue weighted by atomic mass is 19.2. The highest BCUT2D eigenvalue weighted by molar-refractivity contribution is 6.08. The lowest BCUT2D eigenvalue weighted by Crippen LogP contribution is -2.17. The van der Waals surface area contributed by atoms with Crippen molar-refractivity contribution in [2.45, 2.75) is 0 Å². The van der Waals surface area contributed by atoms with Gasteiger partial charge in [-0.05, 0) is 48.0 Å². The number of rotatable bonds is 5. The monoisotopic (exact) mass is 427 g/mol. The van der Waals surface area contributed by atoms with Crippen molar-refractivity contribution in [2.24, 2.45) is 0 Å². The quantitative estimate of drug-likeness (QED) is 0.444. The summed E-state index contributed by atoms with van der Waals surface area (Å²) in [6.07, 6.45) is 0. The molecule has 31 heavy (non-hydrogen) atoms. The van der Waals surface area contributed by atoms with Gasteiger partial charge in [0.25, 0.3) is 5.91 Å². The first-order valence-electron chi connectivity index (χ1n) is 9.08. The van der Waals surface area contributed by atoms with Gasteiger partial charge in [-0.3, -0.25) is 9.89 Å². The largest absolute Gasteiger partial charge is 0.497 e. The molecular formula is C22H16F3N3O3. The first-order valence-corrected chi connectivity index (χ1v) is 9.08. The van der Waals surface area contributed by atoms with Crippen LogP contribution in [0.3, 0.4) is 0 Å².